The van der Waals surface area contributed by atoms with Crippen molar-refractivity contribution in [3.8, 4) is 0 Å². The summed E-state index contributed by atoms with van der Waals surface area (Å²) in [5.41, 5.74) is 0. The molecule has 0 aromatic carbocycles. The molecule has 1 heterocycles. The van der Waals surface area contributed by atoms with Crippen molar-refractivity contribution < 1.29 is 9.28 Å². The number of nitrogens with one attached hydrogen (secondary N) is 2. The van der Waals surface area contributed by atoms with Gasteiger partial charge in [0.2, 0.25) is 5.91 Å². The molecule has 3 unspecified atom stereocenters. The number of unbranched alkanes of at least 4 members (excludes halogenated alkanes) is 6. The van der Waals surface area contributed by atoms with Crippen molar-refractivity contribution in [2.75, 3.05) is 6.54 Å². The molecular weight excluding hydrogens is 298 g/mol. The van der Waals surface area contributed by atoms with Crippen molar-refractivity contribution >= 4 is 5.91 Å². The Morgan fingerprint density at radius 1 is 1.25 bits per heavy atom. The Balaban J connectivity index is 2.29. The van der Waals surface area contributed by atoms with Crippen molar-refractivity contribution in [1.82, 2.24) is 10.6 Å². The van der Waals surface area contributed by atoms with Gasteiger partial charge in [-0.3, -0.25) is 9.28 Å². The third kappa shape index (κ3) is 6.31. The molecular formula is C20H38N3O+. The van der Waals surface area contributed by atoms with Gasteiger partial charge < -0.3 is 10.6 Å². The van der Waals surface area contributed by atoms with E-state index in [1.54, 1.807) is 6.92 Å². The average molecular weight is 337 g/mol. The Morgan fingerprint density at radius 2 is 1.92 bits per heavy atom. The van der Waals surface area contributed by atoms with Gasteiger partial charge in [-0.1, -0.05) is 37.8 Å². The van der Waals surface area contributed by atoms with E-state index in [4.69, 9.17) is 0 Å². The lowest BCUT2D eigenvalue weighted by Gasteiger charge is -2.41. The Kier molecular flexibility index (Phi) is 9.77. The van der Waals surface area contributed by atoms with E-state index in [1.807, 2.05) is 0 Å². The molecule has 0 radical (unpaired) electrons. The number of carbonyl (C=O) groups excluding carboxylic acids is 1. The van der Waals surface area contributed by atoms with Crippen molar-refractivity contribution in [3.63, 3.8) is 0 Å². The molecule has 1 amide bonds. The normalized spacial score (nSPS) is 24.2. The maximum atomic E-state index is 11.4. The molecule has 0 aromatic heterocycles. The molecule has 4 nitrogen and oxygen atoms in total. The van der Waals surface area contributed by atoms with Crippen LogP contribution < -0.4 is 10.6 Å². The molecule has 3 atom stereocenters. The molecule has 0 spiro atoms. The molecule has 1 aliphatic rings. The summed E-state index contributed by atoms with van der Waals surface area (Å²) in [4.78, 5) is 11.4. The number of quaternary nitrogens is 1. The van der Waals surface area contributed by atoms with Crippen LogP contribution in [0.3, 0.4) is 0 Å². The summed E-state index contributed by atoms with van der Waals surface area (Å²) in [7, 11) is 0. The van der Waals surface area contributed by atoms with E-state index in [9.17, 15) is 4.79 Å². The minimum atomic E-state index is 0.0467. The van der Waals surface area contributed by atoms with Gasteiger partial charge >= 0.3 is 0 Å². The van der Waals surface area contributed by atoms with Crippen LogP contribution in [0.5, 0.6) is 0 Å². The molecule has 0 saturated heterocycles. The molecule has 0 bridgehead atoms. The van der Waals surface area contributed by atoms with Crippen LogP contribution in [0.25, 0.3) is 0 Å². The van der Waals surface area contributed by atoms with Gasteiger partial charge in [0.25, 0.3) is 0 Å². The topological polar surface area (TPSA) is 41.1 Å². The molecule has 0 fully saturated rings. The van der Waals surface area contributed by atoms with E-state index in [0.717, 1.165) is 17.4 Å². The van der Waals surface area contributed by atoms with E-state index >= 15 is 0 Å². The second kappa shape index (κ2) is 11.3. The maximum Gasteiger partial charge on any atom is 0.221 e. The SMILES string of the molecule is C/C=C/CCCCCCCCC1NC=C[N+]1(CC)C(C)NC(C)=O. The number of amides is 1. The number of allylic oxidation sites excluding steroid dienone is 2. The fourth-order valence-corrected chi connectivity index (χ4v) is 3.75. The minimum absolute atomic E-state index is 0.0467. The number of nitrogens with zero attached hydrogens (tertiary/aromatic N) is 1. The number of hydrogen-bond acceptors (Lipinski definition) is 2. The molecule has 1 aliphatic heterocycles. The zero-order valence-electron chi connectivity index (χ0n) is 16.2. The number of carbonyl (C=O) groups is 1. The fourth-order valence-electron chi connectivity index (χ4n) is 3.75. The van der Waals surface area contributed by atoms with Gasteiger partial charge in [-0.15, -0.1) is 0 Å². The van der Waals surface area contributed by atoms with Crippen LogP contribution in [-0.2, 0) is 4.79 Å². The molecule has 0 aromatic rings. The third-order valence-electron chi connectivity index (χ3n) is 5.24. The van der Waals surface area contributed by atoms with Crippen molar-refractivity contribution in [1.29, 1.82) is 0 Å². The summed E-state index contributed by atoms with van der Waals surface area (Å²) in [6.07, 6.45) is 19.5. The van der Waals surface area contributed by atoms with Crippen LogP contribution in [0, 0.1) is 0 Å². The van der Waals surface area contributed by atoms with E-state index in [0.29, 0.717) is 6.17 Å². The Morgan fingerprint density at radius 3 is 2.54 bits per heavy atom. The predicted octanol–water partition coefficient (Wildman–Crippen LogP) is 4.40. The second-order valence-corrected chi connectivity index (χ2v) is 6.95. The standard InChI is InChI=1S/C20H37N3O/c1-5-7-8-9-10-11-12-13-14-15-20-21-16-17-23(20,6-2)18(3)22-19(4)24/h5,7,16-18,20-21H,6,8-15H2,1-4H3/p+1/b7-5+. The lowest BCUT2D eigenvalue weighted by molar-refractivity contribution is -0.923. The summed E-state index contributed by atoms with van der Waals surface area (Å²) in [5.74, 6) is 0.0467. The quantitative estimate of drug-likeness (QED) is 0.315. The monoisotopic (exact) mass is 336 g/mol. The van der Waals surface area contributed by atoms with Crippen LogP contribution in [0.4, 0.5) is 0 Å². The van der Waals surface area contributed by atoms with Gasteiger partial charge in [0.15, 0.2) is 12.3 Å². The second-order valence-electron chi connectivity index (χ2n) is 6.95. The highest BCUT2D eigenvalue weighted by Crippen LogP contribution is 2.26. The van der Waals surface area contributed by atoms with Gasteiger partial charge in [-0.05, 0) is 33.1 Å². The lowest BCUT2D eigenvalue weighted by atomic mass is 10.1. The highest BCUT2D eigenvalue weighted by atomic mass is 16.1. The first-order valence-electron chi connectivity index (χ1n) is 9.76. The van der Waals surface area contributed by atoms with Crippen LogP contribution in [0.15, 0.2) is 24.6 Å². The van der Waals surface area contributed by atoms with Gasteiger partial charge in [0.05, 0.1) is 12.7 Å². The van der Waals surface area contributed by atoms with Crippen LogP contribution in [-0.4, -0.2) is 29.3 Å². The smallest absolute Gasteiger partial charge is 0.221 e. The van der Waals surface area contributed by atoms with Crippen LogP contribution >= 0.6 is 0 Å². The van der Waals surface area contributed by atoms with Gasteiger partial charge in [0, 0.05) is 20.3 Å². The third-order valence-corrected chi connectivity index (χ3v) is 5.24. The highest BCUT2D eigenvalue weighted by Gasteiger charge is 2.41. The maximum absolute atomic E-state index is 11.4. The van der Waals surface area contributed by atoms with Crippen LogP contribution in [0.2, 0.25) is 0 Å². The molecule has 24 heavy (non-hydrogen) atoms. The van der Waals surface area contributed by atoms with Crippen LogP contribution in [0.1, 0.15) is 79.1 Å². The first-order valence-corrected chi connectivity index (χ1v) is 9.76. The Bertz CT molecular complexity index is 419. The van der Waals surface area contributed by atoms with Crippen molar-refractivity contribution in [3.05, 3.63) is 24.6 Å². The summed E-state index contributed by atoms with van der Waals surface area (Å²) in [5, 5.41) is 6.59. The molecule has 0 saturated carbocycles. The summed E-state index contributed by atoms with van der Waals surface area (Å²) in [6.45, 7) is 8.99. The first-order chi connectivity index (χ1) is 11.6. The number of hydrogen-bond donors (Lipinski definition) is 2. The van der Waals surface area contributed by atoms with Crippen molar-refractivity contribution in [2.24, 2.45) is 0 Å². The lowest BCUT2D eigenvalue weighted by Crippen LogP contribution is -2.62. The minimum Gasteiger partial charge on any atom is -0.338 e. The molecule has 4 heteroatoms. The van der Waals surface area contributed by atoms with Gasteiger partial charge in [0.1, 0.15) is 6.20 Å². The molecule has 138 valence electrons. The Labute approximate surface area is 149 Å². The first kappa shape index (κ1) is 20.8. The van der Waals surface area contributed by atoms with Gasteiger partial charge in [-0.2, -0.15) is 0 Å². The number of rotatable bonds is 12. The fraction of sp³-hybridized carbons (Fsp3) is 0.750. The van der Waals surface area contributed by atoms with Crippen molar-refractivity contribution in [2.45, 2.75) is 91.4 Å². The van der Waals surface area contributed by atoms with Gasteiger partial charge in [-0.25, -0.2) is 0 Å². The van der Waals surface area contributed by atoms with E-state index in [2.05, 4.69) is 56.0 Å². The van der Waals surface area contributed by atoms with E-state index in [1.165, 1.54) is 44.9 Å². The largest absolute Gasteiger partial charge is 0.338 e. The summed E-state index contributed by atoms with van der Waals surface area (Å²) >= 11 is 0. The molecule has 2 N–H and O–H groups in total. The molecule has 1 rings (SSSR count). The zero-order valence-corrected chi connectivity index (χ0v) is 16.2. The summed E-state index contributed by atoms with van der Waals surface area (Å²) in [6, 6.07) is 0. The Hall–Kier alpha value is -1.29. The van der Waals surface area contributed by atoms with E-state index in [-0.39, 0.29) is 12.1 Å². The molecule has 0 aliphatic carbocycles. The zero-order chi connectivity index (χ0) is 17.8. The average Bonchev–Trinajstić information content (AvgIpc) is 2.97. The van der Waals surface area contributed by atoms with E-state index < -0.39 is 0 Å². The highest BCUT2D eigenvalue weighted by molar-refractivity contribution is 5.72. The predicted molar refractivity (Wildman–Crippen MR) is 102 cm³/mol. The summed E-state index contributed by atoms with van der Waals surface area (Å²) < 4.78 is 0.808.